The standard InChI is InChI=1S/C17H24N3O7PS/c1-4-16(28(23,26-5-2)27-6-3)19-17-13-8-7-9-15(29(18,24)25)12(13)10-11-14(17)20(21)22/h7-11,16,19H,4-6H2,1-3H3,(H2,18,24,25). The lowest BCUT2D eigenvalue weighted by atomic mass is 10.1. The molecule has 12 heteroatoms. The third-order valence-corrected chi connectivity index (χ3v) is 7.66. The lowest BCUT2D eigenvalue weighted by molar-refractivity contribution is -0.383. The molecule has 1 unspecified atom stereocenters. The molecule has 1 atom stereocenters. The molecule has 0 spiro atoms. The van der Waals surface area contributed by atoms with Crippen molar-refractivity contribution in [3.05, 3.63) is 40.4 Å². The Morgan fingerprint density at radius 3 is 2.24 bits per heavy atom. The van der Waals surface area contributed by atoms with Crippen LogP contribution in [0.3, 0.4) is 0 Å². The maximum absolute atomic E-state index is 13.2. The number of nitrogens with zero attached hydrogens (tertiary/aromatic N) is 1. The van der Waals surface area contributed by atoms with E-state index in [9.17, 15) is 23.1 Å². The molecule has 2 aromatic carbocycles. The fourth-order valence-corrected chi connectivity index (χ4v) is 5.66. The number of nitrogens with one attached hydrogen (secondary N) is 1. The highest BCUT2D eigenvalue weighted by molar-refractivity contribution is 7.89. The van der Waals surface area contributed by atoms with E-state index in [0.29, 0.717) is 0 Å². The number of nitro groups is 1. The summed E-state index contributed by atoms with van der Waals surface area (Å²) in [6.07, 6.45) is 0.277. The highest BCUT2D eigenvalue weighted by Crippen LogP contribution is 2.55. The van der Waals surface area contributed by atoms with E-state index in [0.717, 1.165) is 0 Å². The van der Waals surface area contributed by atoms with Crippen LogP contribution in [-0.2, 0) is 23.6 Å². The summed E-state index contributed by atoms with van der Waals surface area (Å²) < 4.78 is 47.8. The summed E-state index contributed by atoms with van der Waals surface area (Å²) in [5.74, 6) is -0.884. The summed E-state index contributed by atoms with van der Waals surface area (Å²) in [6.45, 7) is 5.31. The number of benzene rings is 2. The maximum Gasteiger partial charge on any atom is 0.352 e. The Morgan fingerprint density at radius 2 is 1.76 bits per heavy atom. The van der Waals surface area contributed by atoms with Crippen LogP contribution in [0.2, 0.25) is 0 Å². The maximum atomic E-state index is 13.2. The molecular weight excluding hydrogens is 421 g/mol. The molecular formula is C17H24N3O7PS. The largest absolute Gasteiger partial charge is 0.365 e. The Kier molecular flexibility index (Phi) is 7.36. The SMILES string of the molecule is CCOP(=O)(OCC)C(CC)Nc1c([N+](=O)[O-])ccc2c(S(N)(=O)=O)cccc12. The van der Waals surface area contributed by atoms with Crippen LogP contribution in [-0.4, -0.2) is 32.3 Å². The van der Waals surface area contributed by atoms with E-state index in [4.69, 9.17) is 14.2 Å². The number of nitro benzene ring substituents is 1. The van der Waals surface area contributed by atoms with Crippen molar-refractivity contribution in [3.63, 3.8) is 0 Å². The van der Waals surface area contributed by atoms with E-state index in [1.165, 1.54) is 30.3 Å². The molecule has 0 aliphatic carbocycles. The number of primary sulfonamides is 1. The van der Waals surface area contributed by atoms with Crippen LogP contribution in [0, 0.1) is 10.1 Å². The van der Waals surface area contributed by atoms with Crippen LogP contribution < -0.4 is 10.5 Å². The van der Waals surface area contributed by atoms with Gasteiger partial charge in [0.15, 0.2) is 0 Å². The van der Waals surface area contributed by atoms with E-state index in [2.05, 4.69) is 5.32 Å². The number of nitrogens with two attached hydrogens (primary N) is 1. The summed E-state index contributed by atoms with van der Waals surface area (Å²) >= 11 is 0. The van der Waals surface area contributed by atoms with Gasteiger partial charge in [0, 0.05) is 16.8 Å². The number of hydrogen-bond donors (Lipinski definition) is 2. The highest BCUT2D eigenvalue weighted by Gasteiger charge is 2.36. The minimum Gasteiger partial charge on any atom is -0.365 e. The van der Waals surface area contributed by atoms with Gasteiger partial charge in [0.1, 0.15) is 11.5 Å². The van der Waals surface area contributed by atoms with Gasteiger partial charge in [0.2, 0.25) is 10.0 Å². The van der Waals surface area contributed by atoms with Crippen molar-refractivity contribution in [3.8, 4) is 0 Å². The van der Waals surface area contributed by atoms with E-state index in [-0.39, 0.29) is 46.7 Å². The van der Waals surface area contributed by atoms with Gasteiger partial charge < -0.3 is 14.4 Å². The molecule has 2 aromatic rings. The number of sulfonamides is 1. The quantitative estimate of drug-likeness (QED) is 0.318. The van der Waals surface area contributed by atoms with Crippen LogP contribution in [0.1, 0.15) is 27.2 Å². The second kappa shape index (κ2) is 9.19. The molecule has 0 radical (unpaired) electrons. The predicted molar refractivity (Wildman–Crippen MR) is 111 cm³/mol. The Labute approximate surface area is 169 Å². The van der Waals surface area contributed by atoms with Crippen LogP contribution >= 0.6 is 7.60 Å². The minimum absolute atomic E-state index is 0.0180. The second-order valence-corrected chi connectivity index (χ2v) is 9.81. The number of fused-ring (bicyclic) bond motifs is 1. The molecule has 0 saturated carbocycles. The molecule has 0 aromatic heterocycles. The predicted octanol–water partition coefficient (Wildman–Crippen LogP) is 3.81. The Bertz CT molecular complexity index is 1050. The monoisotopic (exact) mass is 445 g/mol. The molecule has 0 aliphatic rings. The van der Waals surface area contributed by atoms with E-state index in [1.807, 2.05) is 0 Å². The first kappa shape index (κ1) is 23.2. The lowest BCUT2D eigenvalue weighted by Crippen LogP contribution is -2.22. The Morgan fingerprint density at radius 1 is 1.14 bits per heavy atom. The molecule has 0 amide bonds. The van der Waals surface area contributed by atoms with Crippen LogP contribution in [0.15, 0.2) is 35.2 Å². The fourth-order valence-electron chi connectivity index (χ4n) is 3.02. The molecule has 29 heavy (non-hydrogen) atoms. The zero-order valence-electron chi connectivity index (χ0n) is 16.3. The summed E-state index contributed by atoms with van der Waals surface area (Å²) in [6, 6.07) is 6.78. The molecule has 10 nitrogen and oxygen atoms in total. The summed E-state index contributed by atoms with van der Waals surface area (Å²) in [7, 11) is -7.70. The average molecular weight is 445 g/mol. The molecule has 0 bridgehead atoms. The number of anilines is 1. The number of rotatable bonds is 10. The average Bonchev–Trinajstić information content (AvgIpc) is 2.64. The fraction of sp³-hybridized carbons (Fsp3) is 0.412. The van der Waals surface area contributed by atoms with E-state index in [1.54, 1.807) is 20.8 Å². The Hall–Kier alpha value is -2.04. The van der Waals surface area contributed by atoms with Crippen LogP contribution in [0.4, 0.5) is 11.4 Å². The molecule has 3 N–H and O–H groups in total. The number of hydrogen-bond acceptors (Lipinski definition) is 8. The van der Waals surface area contributed by atoms with Gasteiger partial charge in [0.05, 0.1) is 23.0 Å². The van der Waals surface area contributed by atoms with Gasteiger partial charge in [-0.15, -0.1) is 0 Å². The van der Waals surface area contributed by atoms with Gasteiger partial charge in [-0.2, -0.15) is 0 Å². The van der Waals surface area contributed by atoms with E-state index >= 15 is 0 Å². The van der Waals surface area contributed by atoms with Gasteiger partial charge in [0.25, 0.3) is 5.69 Å². The van der Waals surface area contributed by atoms with Crippen molar-refractivity contribution in [1.82, 2.24) is 0 Å². The molecule has 0 saturated heterocycles. The summed E-state index contributed by atoms with van der Waals surface area (Å²) in [5, 5.41) is 20.3. The van der Waals surface area contributed by atoms with Gasteiger partial charge in [-0.25, -0.2) is 13.6 Å². The summed E-state index contributed by atoms with van der Waals surface area (Å²) in [4.78, 5) is 10.8. The normalized spacial score (nSPS) is 13.4. The molecule has 0 aliphatic heterocycles. The Balaban J connectivity index is 2.73. The lowest BCUT2D eigenvalue weighted by Gasteiger charge is -2.27. The van der Waals surface area contributed by atoms with Gasteiger partial charge >= 0.3 is 7.60 Å². The second-order valence-electron chi connectivity index (χ2n) is 6.06. The highest BCUT2D eigenvalue weighted by atomic mass is 32.2. The molecule has 0 heterocycles. The van der Waals surface area contributed by atoms with Crippen molar-refractivity contribution < 1.29 is 27.0 Å². The van der Waals surface area contributed by atoms with Crippen LogP contribution in [0.25, 0.3) is 10.8 Å². The van der Waals surface area contributed by atoms with Crippen molar-refractivity contribution in [2.45, 2.75) is 37.9 Å². The van der Waals surface area contributed by atoms with Crippen molar-refractivity contribution in [2.75, 3.05) is 18.5 Å². The molecule has 160 valence electrons. The third-order valence-electron chi connectivity index (χ3n) is 4.20. The molecule has 2 rings (SSSR count). The van der Waals surface area contributed by atoms with Gasteiger partial charge in [-0.3, -0.25) is 14.7 Å². The van der Waals surface area contributed by atoms with Gasteiger partial charge in [-0.05, 0) is 32.4 Å². The van der Waals surface area contributed by atoms with Crippen molar-refractivity contribution >= 4 is 39.8 Å². The first-order valence-electron chi connectivity index (χ1n) is 8.97. The van der Waals surface area contributed by atoms with Crippen LogP contribution in [0.5, 0.6) is 0 Å². The van der Waals surface area contributed by atoms with E-state index < -0.39 is 28.3 Å². The smallest absolute Gasteiger partial charge is 0.352 e. The first-order valence-corrected chi connectivity index (χ1v) is 12.1. The van der Waals surface area contributed by atoms with Crippen molar-refractivity contribution in [1.29, 1.82) is 0 Å². The van der Waals surface area contributed by atoms with Crippen molar-refractivity contribution in [2.24, 2.45) is 5.14 Å². The zero-order chi connectivity index (χ0) is 21.8. The zero-order valence-corrected chi connectivity index (χ0v) is 18.0. The van der Waals surface area contributed by atoms with Gasteiger partial charge in [-0.1, -0.05) is 19.1 Å². The first-order chi connectivity index (χ1) is 13.6. The topological polar surface area (TPSA) is 151 Å². The third kappa shape index (κ3) is 4.93. The summed E-state index contributed by atoms with van der Waals surface area (Å²) in [5.41, 5.74) is -0.286. The minimum atomic E-state index is -4.06. The molecule has 0 fully saturated rings.